The molecule has 130 valence electrons. The van der Waals surface area contributed by atoms with Crippen molar-refractivity contribution in [1.82, 2.24) is 34.9 Å². The van der Waals surface area contributed by atoms with Crippen LogP contribution in [0.15, 0.2) is 67.3 Å². The lowest BCUT2D eigenvalue weighted by Crippen LogP contribution is -1.98. The van der Waals surface area contributed by atoms with Crippen LogP contribution in [0.4, 0.5) is 0 Å². The van der Waals surface area contributed by atoms with Crippen LogP contribution in [0.2, 0.25) is 0 Å². The smallest absolute Gasteiger partial charge is 0.159 e. The van der Waals surface area contributed by atoms with E-state index in [1.54, 1.807) is 6.20 Å². The summed E-state index contributed by atoms with van der Waals surface area (Å²) in [6.45, 7) is 2.05. The molecule has 3 heterocycles. The highest BCUT2D eigenvalue weighted by Crippen LogP contribution is 2.24. The van der Waals surface area contributed by atoms with Crippen LogP contribution in [0.5, 0.6) is 0 Å². The highest BCUT2D eigenvalue weighted by atomic mass is 15.3. The molecule has 0 aliphatic heterocycles. The maximum atomic E-state index is 4.55. The fourth-order valence-corrected chi connectivity index (χ4v) is 3.11. The van der Waals surface area contributed by atoms with Crippen LogP contribution in [-0.2, 0) is 0 Å². The first-order valence-corrected chi connectivity index (χ1v) is 8.52. The number of imidazole rings is 1. The van der Waals surface area contributed by atoms with Gasteiger partial charge in [0.2, 0.25) is 0 Å². The van der Waals surface area contributed by atoms with Gasteiger partial charge in [0.05, 0.1) is 5.56 Å². The van der Waals surface area contributed by atoms with Gasteiger partial charge in [-0.2, -0.15) is 15.4 Å². The molecule has 1 N–H and O–H groups in total. The monoisotopic (exact) mass is 353 g/mol. The van der Waals surface area contributed by atoms with Gasteiger partial charge in [-0.3, -0.25) is 4.57 Å². The van der Waals surface area contributed by atoms with Crippen molar-refractivity contribution in [3.05, 3.63) is 72.8 Å². The summed E-state index contributed by atoms with van der Waals surface area (Å²) in [5.74, 6) is 1.48. The first kappa shape index (κ1) is 15.4. The van der Waals surface area contributed by atoms with Gasteiger partial charge in [0.25, 0.3) is 0 Å². The Balaban J connectivity index is 1.54. The summed E-state index contributed by atoms with van der Waals surface area (Å²) in [5.41, 5.74) is 5.60. The zero-order chi connectivity index (χ0) is 18.2. The fraction of sp³-hybridized carbons (Fsp3) is 0.0500. The van der Waals surface area contributed by atoms with Gasteiger partial charge < -0.3 is 0 Å². The Morgan fingerprint density at radius 2 is 1.70 bits per heavy atom. The molecule has 0 saturated heterocycles. The molecule has 27 heavy (non-hydrogen) atoms. The highest BCUT2D eigenvalue weighted by Gasteiger charge is 2.11. The van der Waals surface area contributed by atoms with Crippen molar-refractivity contribution in [1.29, 1.82) is 0 Å². The van der Waals surface area contributed by atoms with Gasteiger partial charge in [0, 0.05) is 36.0 Å². The molecule has 0 spiro atoms. The van der Waals surface area contributed by atoms with Crippen molar-refractivity contribution in [2.45, 2.75) is 6.92 Å². The van der Waals surface area contributed by atoms with Crippen molar-refractivity contribution >= 4 is 11.0 Å². The van der Waals surface area contributed by atoms with Gasteiger partial charge in [0.15, 0.2) is 5.82 Å². The van der Waals surface area contributed by atoms with Crippen LogP contribution in [0, 0.1) is 6.92 Å². The second-order valence-corrected chi connectivity index (χ2v) is 6.23. The van der Waals surface area contributed by atoms with Gasteiger partial charge in [0.1, 0.15) is 16.9 Å². The van der Waals surface area contributed by atoms with Gasteiger partial charge in [-0.15, -0.1) is 0 Å². The zero-order valence-electron chi connectivity index (χ0n) is 14.5. The second kappa shape index (κ2) is 6.14. The number of H-pyrrole nitrogens is 1. The lowest BCUT2D eigenvalue weighted by molar-refractivity contribution is 0.959. The Morgan fingerprint density at radius 3 is 2.56 bits per heavy atom. The van der Waals surface area contributed by atoms with Gasteiger partial charge >= 0.3 is 0 Å². The van der Waals surface area contributed by atoms with E-state index in [4.69, 9.17) is 0 Å². The van der Waals surface area contributed by atoms with E-state index in [-0.39, 0.29) is 0 Å². The average Bonchev–Trinajstić information content (AvgIpc) is 3.37. The highest BCUT2D eigenvalue weighted by molar-refractivity contribution is 5.76. The third-order valence-corrected chi connectivity index (χ3v) is 4.51. The normalized spacial score (nSPS) is 11.1. The number of aryl methyl sites for hydroxylation is 1. The predicted molar refractivity (Wildman–Crippen MR) is 102 cm³/mol. The molecule has 0 saturated carbocycles. The first-order chi connectivity index (χ1) is 13.3. The lowest BCUT2D eigenvalue weighted by Gasteiger charge is -2.08. The largest absolute Gasteiger partial charge is 0.300 e. The molecular weight excluding hydrogens is 338 g/mol. The SMILES string of the molecule is Cc1ccccc1-c1ncc(-c2nccn2-c2ccc3n[nH]nc3c2)cn1. The molecule has 7 nitrogen and oxygen atoms in total. The number of nitrogens with zero attached hydrogens (tertiary/aromatic N) is 6. The number of nitrogens with one attached hydrogen (secondary N) is 1. The van der Waals surface area contributed by atoms with Crippen molar-refractivity contribution in [2.75, 3.05) is 0 Å². The summed E-state index contributed by atoms with van der Waals surface area (Å²) in [4.78, 5) is 13.6. The van der Waals surface area contributed by atoms with E-state index in [1.807, 2.05) is 59.6 Å². The van der Waals surface area contributed by atoms with Crippen LogP contribution < -0.4 is 0 Å². The molecule has 0 bridgehead atoms. The minimum atomic E-state index is 0.707. The predicted octanol–water partition coefficient (Wildman–Crippen LogP) is 3.58. The van der Waals surface area contributed by atoms with Gasteiger partial charge in [-0.25, -0.2) is 15.0 Å². The number of rotatable bonds is 3. The van der Waals surface area contributed by atoms with E-state index in [1.165, 1.54) is 0 Å². The van der Waals surface area contributed by atoms with Gasteiger partial charge in [-0.05, 0) is 30.7 Å². The standard InChI is InChI=1S/C20H15N7/c1-13-4-2-3-5-16(13)19-22-11-14(12-23-19)20-21-8-9-27(20)15-6-7-17-18(10-15)25-26-24-17/h2-12H,1H3,(H,24,25,26). The minimum absolute atomic E-state index is 0.707. The molecule has 7 heteroatoms. The number of hydrogen-bond donors (Lipinski definition) is 1. The van der Waals surface area contributed by atoms with Crippen LogP contribution in [0.25, 0.3) is 39.5 Å². The first-order valence-electron chi connectivity index (χ1n) is 8.52. The maximum Gasteiger partial charge on any atom is 0.159 e. The van der Waals surface area contributed by atoms with Gasteiger partial charge in [-0.1, -0.05) is 24.3 Å². The molecule has 0 aliphatic carbocycles. The molecule has 0 aliphatic rings. The quantitative estimate of drug-likeness (QED) is 0.536. The molecule has 2 aromatic carbocycles. The second-order valence-electron chi connectivity index (χ2n) is 6.23. The summed E-state index contributed by atoms with van der Waals surface area (Å²) in [5, 5.41) is 10.9. The number of hydrogen-bond acceptors (Lipinski definition) is 5. The van der Waals surface area contributed by atoms with E-state index >= 15 is 0 Å². The fourth-order valence-electron chi connectivity index (χ4n) is 3.11. The van der Waals surface area contributed by atoms with Crippen LogP contribution in [-0.4, -0.2) is 34.9 Å². The molecule has 0 atom stereocenters. The molecular formula is C20H15N7. The Hall–Kier alpha value is -3.87. The Morgan fingerprint density at radius 1 is 0.889 bits per heavy atom. The minimum Gasteiger partial charge on any atom is -0.300 e. The van der Waals surface area contributed by atoms with Crippen molar-refractivity contribution in [3.63, 3.8) is 0 Å². The number of fused-ring (bicyclic) bond motifs is 1. The summed E-state index contributed by atoms with van der Waals surface area (Å²) in [6, 6.07) is 14.0. The molecule has 5 rings (SSSR count). The van der Waals surface area contributed by atoms with E-state index < -0.39 is 0 Å². The van der Waals surface area contributed by atoms with Crippen LogP contribution >= 0.6 is 0 Å². The Kier molecular flexibility index (Phi) is 3.50. The van der Waals surface area contributed by atoms with E-state index in [2.05, 4.69) is 43.4 Å². The third kappa shape index (κ3) is 2.65. The summed E-state index contributed by atoms with van der Waals surface area (Å²) < 4.78 is 1.99. The topological polar surface area (TPSA) is 85.2 Å². The summed E-state index contributed by atoms with van der Waals surface area (Å²) in [7, 11) is 0. The molecule has 0 amide bonds. The summed E-state index contributed by atoms with van der Waals surface area (Å²) >= 11 is 0. The number of aromatic nitrogens is 7. The Bertz CT molecular complexity index is 1230. The van der Waals surface area contributed by atoms with E-state index in [0.29, 0.717) is 5.82 Å². The molecule has 3 aromatic heterocycles. The third-order valence-electron chi connectivity index (χ3n) is 4.51. The average molecular weight is 353 g/mol. The van der Waals surface area contributed by atoms with Crippen LogP contribution in [0.1, 0.15) is 5.56 Å². The lowest BCUT2D eigenvalue weighted by atomic mass is 10.1. The molecule has 0 unspecified atom stereocenters. The van der Waals surface area contributed by atoms with Crippen molar-refractivity contribution in [3.8, 4) is 28.5 Å². The van der Waals surface area contributed by atoms with E-state index in [9.17, 15) is 0 Å². The van der Waals surface area contributed by atoms with Crippen molar-refractivity contribution < 1.29 is 0 Å². The molecule has 5 aromatic rings. The molecule has 0 radical (unpaired) electrons. The van der Waals surface area contributed by atoms with E-state index in [0.717, 1.165) is 39.2 Å². The Labute approximate surface area is 154 Å². The van der Waals surface area contributed by atoms with Crippen LogP contribution in [0.3, 0.4) is 0 Å². The molecule has 0 fully saturated rings. The number of benzene rings is 2. The summed E-state index contributed by atoms with van der Waals surface area (Å²) in [6.07, 6.45) is 7.29. The number of aromatic amines is 1. The van der Waals surface area contributed by atoms with Crippen molar-refractivity contribution in [2.24, 2.45) is 0 Å². The zero-order valence-corrected chi connectivity index (χ0v) is 14.5. The maximum absolute atomic E-state index is 4.55.